The number of fused-ring (bicyclic) bond motifs is 5. The highest BCUT2D eigenvalue weighted by atomic mass is 19.3. The lowest BCUT2D eigenvalue weighted by atomic mass is 9.43. The van der Waals surface area contributed by atoms with Gasteiger partial charge in [0.25, 0.3) is 5.92 Å². The third kappa shape index (κ3) is 5.05. The normalized spacial score (nSPS) is 41.1. The predicted molar refractivity (Wildman–Crippen MR) is 148 cm³/mol. The van der Waals surface area contributed by atoms with Crippen molar-refractivity contribution in [2.45, 2.75) is 109 Å². The number of pyridine rings is 1. The molecule has 0 radical (unpaired) electrons. The molecule has 11 atom stereocenters. The molecule has 3 N–H and O–H groups in total. The van der Waals surface area contributed by atoms with E-state index in [0.717, 1.165) is 38.2 Å². The first-order chi connectivity index (χ1) is 19.3. The van der Waals surface area contributed by atoms with Gasteiger partial charge in [0.15, 0.2) is 0 Å². The summed E-state index contributed by atoms with van der Waals surface area (Å²) in [6, 6.07) is 1.14. The molecule has 0 bridgehead atoms. The van der Waals surface area contributed by atoms with E-state index in [1.54, 1.807) is 0 Å². The van der Waals surface area contributed by atoms with Crippen molar-refractivity contribution in [2.24, 2.45) is 46.3 Å². The van der Waals surface area contributed by atoms with E-state index >= 15 is 8.78 Å². The average molecular weight is 584 g/mol. The van der Waals surface area contributed by atoms with Crippen molar-refractivity contribution in [3.63, 3.8) is 0 Å². The van der Waals surface area contributed by atoms with Crippen LogP contribution in [0.25, 0.3) is 0 Å². The lowest BCUT2D eigenvalue weighted by molar-refractivity contribution is -0.258. The Hall–Kier alpha value is -1.58. The minimum absolute atomic E-state index is 0.00893. The van der Waals surface area contributed by atoms with Crippen molar-refractivity contribution < 1.29 is 38.0 Å². The smallest absolute Gasteiger partial charge is 0.251 e. The van der Waals surface area contributed by atoms with Crippen molar-refractivity contribution in [2.75, 3.05) is 14.2 Å². The highest BCUT2D eigenvalue weighted by Crippen LogP contribution is 2.71. The molecule has 0 saturated heterocycles. The van der Waals surface area contributed by atoms with Crippen LogP contribution in [0.2, 0.25) is 0 Å². The molecular weight excluding hydrogens is 535 g/mol. The van der Waals surface area contributed by atoms with Gasteiger partial charge in [-0.1, -0.05) is 33.6 Å². The average Bonchev–Trinajstić information content (AvgIpc) is 3.28. The Morgan fingerprint density at radius 2 is 1.66 bits per heavy atom. The number of alkyl halides is 2. The summed E-state index contributed by atoms with van der Waals surface area (Å²) in [7, 11) is 2.79. The number of halogens is 3. The van der Waals surface area contributed by atoms with Gasteiger partial charge >= 0.3 is 0 Å². The first-order valence-electron chi connectivity index (χ1n) is 15.5. The molecule has 0 spiro atoms. The monoisotopic (exact) mass is 583 g/mol. The summed E-state index contributed by atoms with van der Waals surface area (Å²) in [6.07, 6.45) is 3.27. The summed E-state index contributed by atoms with van der Waals surface area (Å²) in [5.41, 5.74) is -0.211. The lowest BCUT2D eigenvalue weighted by Gasteiger charge is -2.63. The van der Waals surface area contributed by atoms with Gasteiger partial charge in [-0.05, 0) is 85.4 Å². The van der Waals surface area contributed by atoms with Crippen LogP contribution >= 0.6 is 0 Å². The van der Waals surface area contributed by atoms with E-state index in [2.05, 4.69) is 25.8 Å². The first kappa shape index (κ1) is 30.9. The van der Waals surface area contributed by atoms with E-state index in [4.69, 9.17) is 9.47 Å². The molecule has 1 aromatic rings. The van der Waals surface area contributed by atoms with E-state index in [1.807, 2.05) is 0 Å². The molecule has 1 aromatic heterocycles. The van der Waals surface area contributed by atoms with Gasteiger partial charge in [0.1, 0.15) is 5.75 Å². The number of rotatable bonds is 8. The Bertz CT molecular complexity index is 1080. The third-order valence-electron chi connectivity index (χ3n) is 12.3. The van der Waals surface area contributed by atoms with Crippen LogP contribution < -0.4 is 9.47 Å². The molecule has 1 heterocycles. The van der Waals surface area contributed by atoms with Gasteiger partial charge in [-0.3, -0.25) is 0 Å². The molecule has 1 unspecified atom stereocenters. The summed E-state index contributed by atoms with van der Waals surface area (Å²) in [5.74, 6) is -4.23. The van der Waals surface area contributed by atoms with Crippen molar-refractivity contribution >= 4 is 0 Å². The molecule has 0 aromatic carbocycles. The number of hydrogen-bond donors (Lipinski definition) is 3. The van der Waals surface area contributed by atoms with Gasteiger partial charge in [0.2, 0.25) is 11.8 Å². The summed E-state index contributed by atoms with van der Waals surface area (Å²) in [4.78, 5) is 3.75. The van der Waals surface area contributed by atoms with E-state index in [9.17, 15) is 19.7 Å². The maximum absolute atomic E-state index is 16.0. The Morgan fingerprint density at radius 1 is 0.976 bits per heavy atom. The van der Waals surface area contributed by atoms with Gasteiger partial charge in [-0.25, -0.2) is 8.78 Å². The van der Waals surface area contributed by atoms with Crippen LogP contribution in [-0.4, -0.2) is 52.7 Å². The number of aromatic nitrogens is 1. The molecular formula is C32H48F3NO5. The van der Waals surface area contributed by atoms with Gasteiger partial charge in [0, 0.05) is 18.4 Å². The highest BCUT2D eigenvalue weighted by molar-refractivity contribution is 5.41. The quantitative estimate of drug-likeness (QED) is 0.311. The Morgan fingerprint density at radius 3 is 2.34 bits per heavy atom. The molecule has 232 valence electrons. The fourth-order valence-corrected chi connectivity index (χ4v) is 10.3. The Labute approximate surface area is 242 Å². The van der Waals surface area contributed by atoms with E-state index in [0.29, 0.717) is 43.1 Å². The highest BCUT2D eigenvalue weighted by Gasteiger charge is 2.69. The third-order valence-corrected chi connectivity index (χ3v) is 12.3. The van der Waals surface area contributed by atoms with Crippen molar-refractivity contribution in [3.8, 4) is 11.6 Å². The fraction of sp³-hybridized carbons (Fsp3) is 0.844. The number of methoxy groups -OCH3 is 2. The van der Waals surface area contributed by atoms with Gasteiger partial charge in [-0.15, -0.1) is 0 Å². The summed E-state index contributed by atoms with van der Waals surface area (Å²) >= 11 is 0. The Balaban J connectivity index is 1.27. The van der Waals surface area contributed by atoms with Gasteiger partial charge < -0.3 is 24.8 Å². The second kappa shape index (κ2) is 11.2. The molecule has 4 fully saturated rings. The lowest BCUT2D eigenvalue weighted by Crippen LogP contribution is -2.64. The van der Waals surface area contributed by atoms with Gasteiger partial charge in [0.05, 0.1) is 38.1 Å². The molecule has 0 amide bonds. The number of nitrogens with zero attached hydrogens (tertiary/aromatic N) is 1. The maximum atomic E-state index is 16.0. The zero-order chi connectivity index (χ0) is 29.9. The zero-order valence-electron chi connectivity index (χ0n) is 25.1. The second-order valence-electron chi connectivity index (χ2n) is 14.1. The van der Waals surface area contributed by atoms with Gasteiger partial charge in [-0.2, -0.15) is 9.37 Å². The molecule has 0 aliphatic heterocycles. The van der Waals surface area contributed by atoms with Crippen LogP contribution in [0.15, 0.2) is 6.07 Å². The molecule has 5 rings (SSSR count). The second-order valence-corrected chi connectivity index (χ2v) is 14.1. The largest absolute Gasteiger partial charge is 0.496 e. The summed E-state index contributed by atoms with van der Waals surface area (Å²) in [6.45, 7) is 6.55. The zero-order valence-corrected chi connectivity index (χ0v) is 25.1. The van der Waals surface area contributed by atoms with Crippen LogP contribution in [0.4, 0.5) is 13.2 Å². The maximum Gasteiger partial charge on any atom is 0.251 e. The first-order valence-corrected chi connectivity index (χ1v) is 15.5. The van der Waals surface area contributed by atoms with Crippen LogP contribution in [-0.2, 0) is 0 Å². The van der Waals surface area contributed by atoms with Crippen LogP contribution in [0.3, 0.4) is 0 Å². The molecule has 41 heavy (non-hydrogen) atoms. The summed E-state index contributed by atoms with van der Waals surface area (Å²) < 4.78 is 56.4. The van der Waals surface area contributed by atoms with Crippen molar-refractivity contribution in [1.82, 2.24) is 4.98 Å². The summed E-state index contributed by atoms with van der Waals surface area (Å²) in [5, 5.41) is 32.0. The van der Waals surface area contributed by atoms with Crippen LogP contribution in [0, 0.1) is 52.3 Å². The molecule has 4 aliphatic rings. The van der Waals surface area contributed by atoms with Crippen molar-refractivity contribution in [3.05, 3.63) is 17.6 Å². The van der Waals surface area contributed by atoms with E-state index in [1.165, 1.54) is 14.2 Å². The minimum Gasteiger partial charge on any atom is -0.496 e. The number of hydrogen-bond acceptors (Lipinski definition) is 6. The fourth-order valence-electron chi connectivity index (χ4n) is 10.3. The van der Waals surface area contributed by atoms with Crippen molar-refractivity contribution in [1.29, 1.82) is 0 Å². The van der Waals surface area contributed by atoms with E-state index < -0.39 is 42.0 Å². The molecule has 9 heteroatoms. The predicted octanol–water partition coefficient (Wildman–Crippen LogP) is 6.31. The number of aliphatic hydroxyl groups is 3. The van der Waals surface area contributed by atoms with E-state index in [-0.39, 0.29) is 40.7 Å². The minimum atomic E-state index is -2.86. The van der Waals surface area contributed by atoms with Crippen LogP contribution in [0.1, 0.15) is 96.6 Å². The molecule has 4 saturated carbocycles. The van der Waals surface area contributed by atoms with Crippen LogP contribution in [0.5, 0.6) is 11.6 Å². The SMILES string of the molecule is COc1cc(F)nc(OC)c1C(O)CCC[C@@H](C)[C@H]1CC[C@H]2[C@H]3[C@H](CC[C@]12C)[C@@]1(C)CC[C@H](O)[C@H](O)[C@@H]1CC3(F)F. The number of ether oxygens (including phenoxy) is 2. The standard InChI is InChI=1S/C32H48F3NO5/c1-17(7-6-8-22(37)26-24(40-4)15-25(33)36-29(26)41-5)18-9-10-19-27-20(11-13-30(18,19)2)31(3)14-12-23(38)28(39)21(31)16-32(27,34)35/h15,17-23,27-28,37-39H,6-14,16H2,1-5H3/t17-,18-,19+,20+,21+,22?,23+,27+,28-,30-,31-/m1/s1. The molecule has 4 aliphatic carbocycles. The number of aliphatic hydroxyl groups excluding tert-OH is 3. The topological polar surface area (TPSA) is 92.0 Å². The molecule has 6 nitrogen and oxygen atoms in total. The Kier molecular flexibility index (Phi) is 8.40.